The first-order valence-corrected chi connectivity index (χ1v) is 9.20. The van der Waals surface area contributed by atoms with Gasteiger partial charge in [-0.3, -0.25) is 0 Å². The van der Waals surface area contributed by atoms with Crippen LogP contribution in [0.5, 0.6) is 11.5 Å². The van der Waals surface area contributed by atoms with Gasteiger partial charge in [0.05, 0.1) is 32.3 Å². The predicted octanol–water partition coefficient (Wildman–Crippen LogP) is 4.22. The van der Waals surface area contributed by atoms with Crippen molar-refractivity contribution in [2.75, 3.05) is 34.4 Å². The topological polar surface area (TPSA) is 60.4 Å². The minimum absolute atomic E-state index is 0.400. The van der Waals surface area contributed by atoms with Gasteiger partial charge in [0.1, 0.15) is 4.88 Å². The molecule has 1 heterocycles. The van der Waals surface area contributed by atoms with Gasteiger partial charge >= 0.3 is 5.97 Å². The molecule has 0 saturated carbocycles. The Labute approximate surface area is 158 Å². The monoisotopic (exact) mass is 376 g/mol. The van der Waals surface area contributed by atoms with Crippen LogP contribution < -0.4 is 9.47 Å². The Morgan fingerprint density at radius 2 is 1.88 bits per heavy atom. The number of nitrogens with zero attached hydrogens (tertiary/aromatic N) is 2. The summed E-state index contributed by atoms with van der Waals surface area (Å²) >= 11 is 1.31. The highest BCUT2D eigenvalue weighted by Crippen LogP contribution is 2.41. The summed E-state index contributed by atoms with van der Waals surface area (Å²) in [5.74, 6) is 0.961. The molecule has 7 heteroatoms. The van der Waals surface area contributed by atoms with Gasteiger partial charge < -0.3 is 19.1 Å². The maximum absolute atomic E-state index is 12.1. The molecular formula is C19H24N2O4S. The molecular weight excluding hydrogens is 352 g/mol. The average Bonchev–Trinajstić information content (AvgIpc) is 3.05. The second-order valence-electron chi connectivity index (χ2n) is 5.55. The molecule has 0 aliphatic rings. The summed E-state index contributed by atoms with van der Waals surface area (Å²) in [7, 11) is 5.11. The smallest absolute Gasteiger partial charge is 0.350 e. The van der Waals surface area contributed by atoms with E-state index in [2.05, 4.69) is 4.99 Å². The van der Waals surface area contributed by atoms with Gasteiger partial charge in [0, 0.05) is 25.0 Å². The molecule has 0 spiro atoms. The third-order valence-electron chi connectivity index (χ3n) is 3.41. The van der Waals surface area contributed by atoms with Crippen molar-refractivity contribution < 1.29 is 19.0 Å². The normalized spacial score (nSPS) is 10.8. The molecule has 0 aliphatic heterocycles. The summed E-state index contributed by atoms with van der Waals surface area (Å²) in [6.07, 6.45) is 1.66. The van der Waals surface area contributed by atoms with Gasteiger partial charge in [0.25, 0.3) is 0 Å². The predicted molar refractivity (Wildman–Crippen MR) is 105 cm³/mol. The van der Waals surface area contributed by atoms with Crippen LogP contribution in [-0.4, -0.2) is 51.6 Å². The van der Waals surface area contributed by atoms with Crippen molar-refractivity contribution in [1.29, 1.82) is 0 Å². The number of benzene rings is 1. The van der Waals surface area contributed by atoms with Crippen LogP contribution in [-0.2, 0) is 4.74 Å². The largest absolute Gasteiger partial charge is 0.490 e. The fraction of sp³-hybridized carbons (Fsp3) is 0.368. The molecule has 26 heavy (non-hydrogen) atoms. The van der Waals surface area contributed by atoms with Crippen LogP contribution in [0.3, 0.4) is 0 Å². The van der Waals surface area contributed by atoms with Crippen LogP contribution >= 0.6 is 11.3 Å². The number of esters is 1. The average molecular weight is 376 g/mol. The molecule has 0 unspecified atom stereocenters. The number of ether oxygens (including phenoxy) is 3. The Balaban J connectivity index is 2.55. The molecule has 0 fully saturated rings. The van der Waals surface area contributed by atoms with Gasteiger partial charge in [-0.25, -0.2) is 9.79 Å². The minimum Gasteiger partial charge on any atom is -0.490 e. The van der Waals surface area contributed by atoms with Crippen LogP contribution in [0.15, 0.2) is 28.6 Å². The van der Waals surface area contributed by atoms with Crippen molar-refractivity contribution >= 4 is 29.3 Å². The van der Waals surface area contributed by atoms with Gasteiger partial charge in [0.15, 0.2) is 11.5 Å². The van der Waals surface area contributed by atoms with Gasteiger partial charge in [-0.2, -0.15) is 0 Å². The van der Waals surface area contributed by atoms with Crippen LogP contribution in [0.2, 0.25) is 0 Å². The zero-order valence-corrected chi connectivity index (χ0v) is 16.6. The molecule has 0 radical (unpaired) electrons. The first-order valence-electron chi connectivity index (χ1n) is 8.32. The lowest BCUT2D eigenvalue weighted by Crippen LogP contribution is -2.07. The maximum atomic E-state index is 12.1. The van der Waals surface area contributed by atoms with Crippen molar-refractivity contribution in [2.24, 2.45) is 4.99 Å². The standard InChI is InChI=1S/C19H24N2O4S/c1-6-24-15-9-8-13(10-16(15)25-7-2)14-11-26-18(19(22)23-5)17(14)20-12-21(3)4/h8-12H,6-7H2,1-5H3. The lowest BCUT2D eigenvalue weighted by molar-refractivity contribution is 0.0607. The van der Waals surface area contributed by atoms with Crippen molar-refractivity contribution in [1.82, 2.24) is 4.90 Å². The molecule has 0 amide bonds. The third-order valence-corrected chi connectivity index (χ3v) is 4.36. The Hall–Kier alpha value is -2.54. The second kappa shape index (κ2) is 9.24. The van der Waals surface area contributed by atoms with E-state index in [4.69, 9.17) is 14.2 Å². The number of carbonyl (C=O) groups is 1. The van der Waals surface area contributed by atoms with Crippen LogP contribution in [0.1, 0.15) is 23.5 Å². The van der Waals surface area contributed by atoms with E-state index < -0.39 is 5.97 Å². The first kappa shape index (κ1) is 19.8. The fourth-order valence-corrected chi connectivity index (χ4v) is 3.25. The van der Waals surface area contributed by atoms with E-state index in [9.17, 15) is 4.79 Å². The second-order valence-corrected chi connectivity index (χ2v) is 6.43. The fourth-order valence-electron chi connectivity index (χ4n) is 2.31. The molecule has 140 valence electrons. The molecule has 1 aromatic carbocycles. The Morgan fingerprint density at radius 3 is 2.50 bits per heavy atom. The van der Waals surface area contributed by atoms with Crippen molar-refractivity contribution in [3.63, 3.8) is 0 Å². The Morgan fingerprint density at radius 1 is 1.19 bits per heavy atom. The molecule has 0 atom stereocenters. The van der Waals surface area contributed by atoms with Gasteiger partial charge in [-0.1, -0.05) is 6.07 Å². The van der Waals surface area contributed by atoms with Crippen molar-refractivity contribution in [3.8, 4) is 22.6 Å². The number of carbonyl (C=O) groups excluding carboxylic acids is 1. The SMILES string of the molecule is CCOc1ccc(-c2csc(C(=O)OC)c2N=CN(C)C)cc1OCC. The van der Waals surface area contributed by atoms with E-state index in [1.54, 1.807) is 6.34 Å². The molecule has 1 aromatic heterocycles. The first-order chi connectivity index (χ1) is 12.5. The summed E-state index contributed by atoms with van der Waals surface area (Å²) < 4.78 is 16.2. The lowest BCUT2D eigenvalue weighted by Gasteiger charge is -2.12. The van der Waals surface area contributed by atoms with E-state index in [1.165, 1.54) is 18.4 Å². The van der Waals surface area contributed by atoms with Gasteiger partial charge in [-0.15, -0.1) is 11.3 Å². The number of hydrogen-bond acceptors (Lipinski definition) is 6. The molecule has 6 nitrogen and oxygen atoms in total. The molecule has 2 aromatic rings. The van der Waals surface area contributed by atoms with Crippen LogP contribution in [0.25, 0.3) is 11.1 Å². The summed E-state index contributed by atoms with van der Waals surface area (Å²) in [5, 5.41) is 1.90. The highest BCUT2D eigenvalue weighted by molar-refractivity contribution is 7.13. The molecule has 2 rings (SSSR count). The van der Waals surface area contributed by atoms with Crippen molar-refractivity contribution in [2.45, 2.75) is 13.8 Å². The molecule has 0 aliphatic carbocycles. The molecule has 0 saturated heterocycles. The van der Waals surface area contributed by atoms with E-state index in [1.807, 2.05) is 56.4 Å². The van der Waals surface area contributed by atoms with Gasteiger partial charge in [0.2, 0.25) is 0 Å². The molecule has 0 N–H and O–H groups in total. The number of hydrogen-bond donors (Lipinski definition) is 0. The zero-order chi connectivity index (χ0) is 19.1. The highest BCUT2D eigenvalue weighted by Gasteiger charge is 2.20. The summed E-state index contributed by atoms with van der Waals surface area (Å²) in [5.41, 5.74) is 2.33. The molecule has 0 bridgehead atoms. The number of aliphatic imine (C=N–C) groups is 1. The third kappa shape index (κ3) is 4.54. The Bertz CT molecular complexity index is 784. The summed E-state index contributed by atoms with van der Waals surface area (Å²) in [4.78, 5) is 18.8. The maximum Gasteiger partial charge on any atom is 0.350 e. The zero-order valence-electron chi connectivity index (χ0n) is 15.7. The van der Waals surface area contributed by atoms with E-state index in [0.717, 1.165) is 11.1 Å². The number of rotatable bonds is 8. The summed E-state index contributed by atoms with van der Waals surface area (Å²) in [6.45, 7) is 4.95. The van der Waals surface area contributed by atoms with Crippen LogP contribution in [0, 0.1) is 0 Å². The van der Waals surface area contributed by atoms with Crippen molar-refractivity contribution in [3.05, 3.63) is 28.5 Å². The number of methoxy groups -OCH3 is 1. The number of thiophene rings is 1. The minimum atomic E-state index is -0.400. The summed E-state index contributed by atoms with van der Waals surface area (Å²) in [6, 6.07) is 5.72. The van der Waals surface area contributed by atoms with Crippen LogP contribution in [0.4, 0.5) is 5.69 Å². The van der Waals surface area contributed by atoms with E-state index >= 15 is 0 Å². The van der Waals surface area contributed by atoms with E-state index in [-0.39, 0.29) is 0 Å². The highest BCUT2D eigenvalue weighted by atomic mass is 32.1. The lowest BCUT2D eigenvalue weighted by atomic mass is 10.1. The quantitative estimate of drug-likeness (QED) is 0.392. The van der Waals surface area contributed by atoms with E-state index in [0.29, 0.717) is 35.3 Å². The van der Waals surface area contributed by atoms with Gasteiger partial charge in [-0.05, 0) is 31.5 Å². The Kier molecular flexibility index (Phi) is 7.03.